The molecule has 2 atom stereocenters. The number of nitriles is 1. The van der Waals surface area contributed by atoms with Gasteiger partial charge < -0.3 is 9.47 Å². The van der Waals surface area contributed by atoms with Gasteiger partial charge in [0.15, 0.2) is 0 Å². The van der Waals surface area contributed by atoms with Crippen molar-refractivity contribution in [1.29, 1.82) is 5.26 Å². The molecule has 0 amide bonds. The highest BCUT2D eigenvalue weighted by Gasteiger charge is 2.38. The van der Waals surface area contributed by atoms with Crippen LogP contribution >= 0.6 is 0 Å². The molecule has 6 nitrogen and oxygen atoms in total. The Morgan fingerprint density at radius 3 is 2.46 bits per heavy atom. The number of rotatable bonds is 5. The van der Waals surface area contributed by atoms with Crippen molar-refractivity contribution in [3.8, 4) is 11.8 Å². The van der Waals surface area contributed by atoms with E-state index < -0.39 is 5.60 Å². The summed E-state index contributed by atoms with van der Waals surface area (Å²) >= 11 is 0. The summed E-state index contributed by atoms with van der Waals surface area (Å²) in [5.74, 6) is 2.46. The maximum Gasteiger partial charge on any atom is 0.419 e. The lowest BCUT2D eigenvalue weighted by Gasteiger charge is -2.40. The largest absolute Gasteiger partial charge is 0.496 e. The molecule has 1 aromatic heterocycles. The van der Waals surface area contributed by atoms with Crippen LogP contribution in [0.5, 0.6) is 5.75 Å². The van der Waals surface area contributed by atoms with Crippen molar-refractivity contribution in [2.45, 2.75) is 71.6 Å². The summed E-state index contributed by atoms with van der Waals surface area (Å²) in [7, 11) is 1.71. The zero-order chi connectivity index (χ0) is 26.3. The van der Waals surface area contributed by atoms with Gasteiger partial charge in [0.1, 0.15) is 11.4 Å². The summed E-state index contributed by atoms with van der Waals surface area (Å²) in [6.07, 6.45) is 6.49. The Kier molecular flexibility index (Phi) is 6.76. The fraction of sp³-hybridized carbons (Fsp3) is 0.484. The van der Waals surface area contributed by atoms with Crippen molar-refractivity contribution in [3.63, 3.8) is 0 Å². The van der Waals surface area contributed by atoms with Gasteiger partial charge in [-0.25, -0.2) is 4.79 Å². The van der Waals surface area contributed by atoms with Gasteiger partial charge >= 0.3 is 6.09 Å². The summed E-state index contributed by atoms with van der Waals surface area (Å²) in [4.78, 5) is 15.6. The topological polar surface area (TPSA) is 67.5 Å². The van der Waals surface area contributed by atoms with Gasteiger partial charge in [-0.3, -0.25) is 9.47 Å². The maximum absolute atomic E-state index is 13.0. The molecule has 0 bridgehead atoms. The van der Waals surface area contributed by atoms with Gasteiger partial charge in [0, 0.05) is 29.7 Å². The van der Waals surface area contributed by atoms with Crippen LogP contribution in [0.15, 0.2) is 42.6 Å². The van der Waals surface area contributed by atoms with Crippen LogP contribution in [-0.4, -0.2) is 34.8 Å². The molecule has 5 rings (SSSR count). The van der Waals surface area contributed by atoms with Crippen LogP contribution in [-0.2, 0) is 11.3 Å². The summed E-state index contributed by atoms with van der Waals surface area (Å²) in [5.41, 5.74) is 4.31. The first-order valence-corrected chi connectivity index (χ1v) is 13.3. The predicted octanol–water partition coefficient (Wildman–Crippen LogP) is 6.98. The molecule has 1 saturated carbocycles. The predicted molar refractivity (Wildman–Crippen MR) is 145 cm³/mol. The Labute approximate surface area is 219 Å². The first-order valence-electron chi connectivity index (χ1n) is 13.3. The maximum atomic E-state index is 13.0. The van der Waals surface area contributed by atoms with Gasteiger partial charge in [-0.2, -0.15) is 5.26 Å². The van der Waals surface area contributed by atoms with Crippen molar-refractivity contribution < 1.29 is 14.3 Å². The van der Waals surface area contributed by atoms with Gasteiger partial charge in [-0.15, -0.1) is 0 Å². The van der Waals surface area contributed by atoms with Crippen LogP contribution < -0.4 is 4.74 Å². The lowest BCUT2D eigenvalue weighted by atomic mass is 9.83. The molecule has 0 N–H and O–H groups in total. The molecule has 2 aliphatic rings. The molecule has 2 fully saturated rings. The van der Waals surface area contributed by atoms with Crippen molar-refractivity contribution in [1.82, 2.24) is 9.47 Å². The molecule has 2 aromatic carbocycles. The number of hydrogen-bond donors (Lipinski definition) is 0. The number of carbonyl (C=O) groups is 1. The second-order valence-electron chi connectivity index (χ2n) is 11.6. The first kappa shape index (κ1) is 25.4. The smallest absolute Gasteiger partial charge is 0.419 e. The van der Waals surface area contributed by atoms with E-state index in [-0.39, 0.29) is 12.1 Å². The number of aryl methyl sites for hydroxylation is 1. The van der Waals surface area contributed by atoms with Crippen molar-refractivity contribution in [2.24, 2.45) is 11.8 Å². The molecule has 2 heterocycles. The normalized spacial score (nSPS) is 20.5. The Balaban J connectivity index is 1.52. The molecular weight excluding hydrogens is 462 g/mol. The van der Waals surface area contributed by atoms with Gasteiger partial charge in [0.2, 0.25) is 0 Å². The Morgan fingerprint density at radius 1 is 1.11 bits per heavy atom. The third kappa shape index (κ3) is 5.24. The standard InChI is InChI=1S/C31H37N3O3/c1-20-16-28(36-5)26(25-13-15-34(29(20)25)30(35)37-31(2,3)4)19-33-14-12-24(22-10-11-22)17-27(33)23-8-6-21(18-32)7-9-23/h6-9,13,15-16,22,24,27H,10-12,14,17,19H2,1-5H3/t24?,27-/m0/s1. The van der Waals surface area contributed by atoms with E-state index in [1.807, 2.05) is 58.2 Å². The number of likely N-dealkylation sites (tertiary alicyclic amines) is 1. The minimum atomic E-state index is -0.572. The summed E-state index contributed by atoms with van der Waals surface area (Å²) < 4.78 is 13.2. The number of fused-ring (bicyclic) bond motifs is 1. The van der Waals surface area contributed by atoms with Crippen LogP contribution in [0, 0.1) is 30.1 Å². The highest BCUT2D eigenvalue weighted by Crippen LogP contribution is 2.47. The third-order valence-corrected chi connectivity index (χ3v) is 7.87. The van der Waals surface area contributed by atoms with Gasteiger partial charge in [-0.05, 0) is 107 Å². The number of piperidine rings is 1. The van der Waals surface area contributed by atoms with E-state index in [2.05, 4.69) is 23.1 Å². The Bertz CT molecular complexity index is 1340. The molecule has 6 heteroatoms. The van der Waals surface area contributed by atoms with Gasteiger partial charge in [-0.1, -0.05) is 12.1 Å². The highest BCUT2D eigenvalue weighted by molar-refractivity contribution is 5.95. The van der Waals surface area contributed by atoms with E-state index in [4.69, 9.17) is 9.47 Å². The van der Waals surface area contributed by atoms with Crippen molar-refractivity contribution in [2.75, 3.05) is 13.7 Å². The molecule has 37 heavy (non-hydrogen) atoms. The minimum Gasteiger partial charge on any atom is -0.496 e. The molecule has 0 radical (unpaired) electrons. The molecular formula is C31H37N3O3. The van der Waals surface area contributed by atoms with E-state index in [0.717, 1.165) is 59.1 Å². The van der Waals surface area contributed by atoms with Crippen LogP contribution in [0.3, 0.4) is 0 Å². The van der Waals surface area contributed by atoms with Crippen LogP contribution in [0.1, 0.15) is 74.8 Å². The average molecular weight is 500 g/mol. The lowest BCUT2D eigenvalue weighted by Crippen LogP contribution is -2.37. The fourth-order valence-electron chi connectivity index (χ4n) is 5.93. The highest BCUT2D eigenvalue weighted by atomic mass is 16.6. The Morgan fingerprint density at radius 2 is 1.84 bits per heavy atom. The molecule has 1 aliphatic carbocycles. The zero-order valence-corrected chi connectivity index (χ0v) is 22.6. The zero-order valence-electron chi connectivity index (χ0n) is 22.6. The van der Waals surface area contributed by atoms with Gasteiger partial charge in [0.05, 0.1) is 24.3 Å². The van der Waals surface area contributed by atoms with Crippen LogP contribution in [0.25, 0.3) is 10.9 Å². The molecule has 194 valence electrons. The first-order chi connectivity index (χ1) is 17.7. The number of ether oxygens (including phenoxy) is 2. The van der Waals surface area contributed by atoms with E-state index in [0.29, 0.717) is 5.56 Å². The van der Waals surface area contributed by atoms with Crippen molar-refractivity contribution >= 4 is 17.0 Å². The number of nitrogens with zero attached hydrogens (tertiary/aromatic N) is 3. The molecule has 1 aliphatic heterocycles. The summed E-state index contributed by atoms with van der Waals surface area (Å²) in [5, 5.41) is 10.3. The number of aromatic nitrogens is 1. The Hall–Kier alpha value is -3.30. The minimum absolute atomic E-state index is 0.279. The third-order valence-electron chi connectivity index (χ3n) is 7.87. The monoisotopic (exact) mass is 499 g/mol. The molecule has 3 aromatic rings. The summed E-state index contributed by atoms with van der Waals surface area (Å²) in [6.45, 7) is 9.39. The number of benzene rings is 2. The lowest BCUT2D eigenvalue weighted by molar-refractivity contribution is 0.0544. The van der Waals surface area contributed by atoms with E-state index in [1.54, 1.807) is 11.7 Å². The second kappa shape index (κ2) is 9.87. The van der Waals surface area contributed by atoms with Gasteiger partial charge in [0.25, 0.3) is 0 Å². The number of methoxy groups -OCH3 is 1. The van der Waals surface area contributed by atoms with Crippen LogP contribution in [0.4, 0.5) is 4.79 Å². The van der Waals surface area contributed by atoms with E-state index in [9.17, 15) is 10.1 Å². The average Bonchev–Trinajstić information content (AvgIpc) is 3.62. The molecule has 1 unspecified atom stereocenters. The summed E-state index contributed by atoms with van der Waals surface area (Å²) in [6, 6.07) is 14.7. The number of hydrogen-bond acceptors (Lipinski definition) is 5. The quantitative estimate of drug-likeness (QED) is 0.379. The van der Waals surface area contributed by atoms with Crippen LogP contribution in [0.2, 0.25) is 0 Å². The number of carbonyl (C=O) groups excluding carboxylic acids is 1. The SMILES string of the molecule is COc1cc(C)c2c(ccn2C(=O)OC(C)(C)C)c1CN1CCC(C2CC2)C[C@H]1c1ccc(C#N)cc1. The fourth-order valence-corrected chi connectivity index (χ4v) is 5.93. The molecule has 0 spiro atoms. The van der Waals surface area contributed by atoms with E-state index in [1.165, 1.54) is 24.8 Å². The molecule has 1 saturated heterocycles. The van der Waals surface area contributed by atoms with Crippen molar-refractivity contribution in [3.05, 3.63) is 64.8 Å². The van der Waals surface area contributed by atoms with E-state index >= 15 is 0 Å². The second-order valence-corrected chi connectivity index (χ2v) is 11.6.